The van der Waals surface area contributed by atoms with Crippen molar-refractivity contribution in [1.29, 1.82) is 0 Å². The van der Waals surface area contributed by atoms with E-state index >= 15 is 0 Å². The van der Waals surface area contributed by atoms with Gasteiger partial charge < -0.3 is 4.74 Å². The Labute approximate surface area is 122 Å². The maximum atomic E-state index is 5.09. The molecule has 0 spiro atoms. The average molecular weight is 287 g/mol. The monoisotopic (exact) mass is 287 g/mol. The van der Waals surface area contributed by atoms with Gasteiger partial charge in [0.15, 0.2) is 0 Å². The van der Waals surface area contributed by atoms with Crippen LogP contribution >= 0.6 is 11.3 Å². The maximum Gasteiger partial charge on any atom is 0.212 e. The molecule has 0 saturated carbocycles. The highest BCUT2D eigenvalue weighted by atomic mass is 32.1. The third kappa shape index (κ3) is 2.59. The molecular formula is C15H17N3OS. The second-order valence-corrected chi connectivity index (χ2v) is 5.68. The van der Waals surface area contributed by atoms with E-state index in [4.69, 9.17) is 4.74 Å². The third-order valence-electron chi connectivity index (χ3n) is 3.23. The zero-order valence-corrected chi connectivity index (χ0v) is 12.5. The van der Waals surface area contributed by atoms with E-state index in [9.17, 15) is 0 Å². The summed E-state index contributed by atoms with van der Waals surface area (Å²) in [5, 5.41) is 5.61. The van der Waals surface area contributed by atoms with Crippen molar-refractivity contribution in [3.05, 3.63) is 41.0 Å². The maximum absolute atomic E-state index is 5.09. The lowest BCUT2D eigenvalue weighted by atomic mass is 10.1. The first-order chi connectivity index (χ1) is 9.80. The fourth-order valence-electron chi connectivity index (χ4n) is 2.09. The zero-order chi connectivity index (χ0) is 13.9. The van der Waals surface area contributed by atoms with E-state index in [0.717, 1.165) is 40.7 Å². The fourth-order valence-corrected chi connectivity index (χ4v) is 2.90. The minimum Gasteiger partial charge on any atom is -0.384 e. The molecule has 0 radical (unpaired) electrons. The molecule has 0 bridgehead atoms. The fraction of sp³-hybridized carbons (Fsp3) is 0.333. The van der Waals surface area contributed by atoms with Crippen LogP contribution in [0.5, 0.6) is 0 Å². The number of aromatic nitrogens is 3. The van der Waals surface area contributed by atoms with Crippen molar-refractivity contribution < 1.29 is 4.74 Å². The molecule has 5 heteroatoms. The number of rotatable bonds is 5. The Bertz CT molecular complexity index is 668. The molecule has 0 atom stereocenters. The van der Waals surface area contributed by atoms with E-state index in [1.54, 1.807) is 18.4 Å². The van der Waals surface area contributed by atoms with E-state index in [1.807, 2.05) is 10.7 Å². The van der Waals surface area contributed by atoms with Gasteiger partial charge in [-0.2, -0.15) is 5.10 Å². The highest BCUT2D eigenvalue weighted by Gasteiger charge is 2.08. The molecule has 20 heavy (non-hydrogen) atoms. The molecule has 4 nitrogen and oxygen atoms in total. The number of ether oxygens (including phenoxy) is 1. The summed E-state index contributed by atoms with van der Waals surface area (Å²) in [5.74, 6) is 0. The zero-order valence-electron chi connectivity index (χ0n) is 11.7. The second-order valence-electron chi connectivity index (χ2n) is 4.64. The Morgan fingerprint density at radius 3 is 2.70 bits per heavy atom. The van der Waals surface area contributed by atoms with Gasteiger partial charge in [-0.15, -0.1) is 0 Å². The quantitative estimate of drug-likeness (QED) is 0.723. The first-order valence-corrected chi connectivity index (χ1v) is 7.55. The Morgan fingerprint density at radius 1 is 1.25 bits per heavy atom. The van der Waals surface area contributed by atoms with Crippen LogP contribution in [0.2, 0.25) is 0 Å². The first kappa shape index (κ1) is 13.3. The molecule has 2 heterocycles. The highest BCUT2D eigenvalue weighted by Crippen LogP contribution is 2.22. The molecular weight excluding hydrogens is 270 g/mol. The Balaban J connectivity index is 1.84. The Morgan fingerprint density at radius 2 is 2.05 bits per heavy atom. The molecule has 0 saturated heterocycles. The predicted molar refractivity (Wildman–Crippen MR) is 81.3 cm³/mol. The molecule has 0 aliphatic heterocycles. The number of imidazole rings is 1. The van der Waals surface area contributed by atoms with Crippen LogP contribution in [0, 0.1) is 0 Å². The van der Waals surface area contributed by atoms with Crippen molar-refractivity contribution in [1.82, 2.24) is 14.6 Å². The van der Waals surface area contributed by atoms with Gasteiger partial charge >= 0.3 is 0 Å². The topological polar surface area (TPSA) is 39.4 Å². The number of fused-ring (bicyclic) bond motifs is 1. The van der Waals surface area contributed by atoms with Crippen molar-refractivity contribution in [3.8, 4) is 11.3 Å². The van der Waals surface area contributed by atoms with E-state index in [2.05, 4.69) is 41.3 Å². The molecule has 0 N–H and O–H groups in total. The first-order valence-electron chi connectivity index (χ1n) is 6.73. The van der Waals surface area contributed by atoms with Crippen LogP contribution in [0.25, 0.3) is 16.2 Å². The van der Waals surface area contributed by atoms with Gasteiger partial charge in [-0.05, 0) is 18.4 Å². The standard InChI is InChI=1S/C15H17N3OS/c1-3-14-17-18-10-13(16-15(18)20-14)12-6-4-11(5-7-12)8-9-19-2/h4-7,10H,3,8-9H2,1-2H3. The molecule has 104 valence electrons. The summed E-state index contributed by atoms with van der Waals surface area (Å²) in [4.78, 5) is 5.60. The van der Waals surface area contributed by atoms with Crippen molar-refractivity contribution in [3.63, 3.8) is 0 Å². The molecule has 0 fully saturated rings. The number of nitrogens with zero attached hydrogens (tertiary/aromatic N) is 3. The lowest BCUT2D eigenvalue weighted by molar-refractivity contribution is 0.202. The molecule has 0 aliphatic rings. The van der Waals surface area contributed by atoms with Crippen LogP contribution in [-0.4, -0.2) is 28.3 Å². The lowest BCUT2D eigenvalue weighted by Gasteiger charge is -2.01. The SMILES string of the molecule is CCc1nn2cc(-c3ccc(CCOC)cc3)nc2s1. The normalized spacial score (nSPS) is 11.3. The molecule has 0 unspecified atom stereocenters. The minimum absolute atomic E-state index is 0.753. The number of methoxy groups -OCH3 is 1. The van der Waals surface area contributed by atoms with Gasteiger partial charge in [0.2, 0.25) is 4.96 Å². The lowest BCUT2D eigenvalue weighted by Crippen LogP contribution is -1.93. The Hall–Kier alpha value is -1.72. The van der Waals surface area contributed by atoms with Crippen LogP contribution in [-0.2, 0) is 17.6 Å². The van der Waals surface area contributed by atoms with E-state index in [0.29, 0.717) is 0 Å². The molecule has 3 aromatic rings. The highest BCUT2D eigenvalue weighted by molar-refractivity contribution is 7.16. The van der Waals surface area contributed by atoms with Crippen molar-refractivity contribution in [2.45, 2.75) is 19.8 Å². The van der Waals surface area contributed by atoms with E-state index in [1.165, 1.54) is 5.56 Å². The summed E-state index contributed by atoms with van der Waals surface area (Å²) in [6.07, 6.45) is 3.89. The second kappa shape index (κ2) is 5.73. The predicted octanol–water partition coefficient (Wildman–Crippen LogP) is 3.21. The van der Waals surface area contributed by atoms with Crippen molar-refractivity contribution in [2.75, 3.05) is 13.7 Å². The smallest absolute Gasteiger partial charge is 0.212 e. The summed E-state index contributed by atoms with van der Waals surface area (Å²) in [7, 11) is 1.73. The van der Waals surface area contributed by atoms with Gasteiger partial charge in [-0.1, -0.05) is 42.5 Å². The van der Waals surface area contributed by atoms with Gasteiger partial charge in [0.1, 0.15) is 5.01 Å². The molecule has 0 aliphatic carbocycles. The molecule has 1 aromatic carbocycles. The Kier molecular flexibility index (Phi) is 3.80. The third-order valence-corrected chi connectivity index (χ3v) is 4.30. The van der Waals surface area contributed by atoms with Crippen molar-refractivity contribution >= 4 is 16.3 Å². The average Bonchev–Trinajstić information content (AvgIpc) is 3.03. The van der Waals surface area contributed by atoms with Crippen LogP contribution < -0.4 is 0 Å². The van der Waals surface area contributed by atoms with Crippen LogP contribution in [0.1, 0.15) is 17.5 Å². The minimum atomic E-state index is 0.753. The van der Waals surface area contributed by atoms with Crippen LogP contribution in [0.4, 0.5) is 0 Å². The molecule has 0 amide bonds. The van der Waals surface area contributed by atoms with Gasteiger partial charge in [0, 0.05) is 12.7 Å². The summed E-state index contributed by atoms with van der Waals surface area (Å²) < 4.78 is 6.96. The number of aryl methyl sites for hydroxylation is 1. The van der Waals surface area contributed by atoms with Gasteiger partial charge in [-0.25, -0.2) is 9.50 Å². The van der Waals surface area contributed by atoms with Crippen LogP contribution in [0.3, 0.4) is 0 Å². The number of benzene rings is 1. The summed E-state index contributed by atoms with van der Waals surface area (Å²) in [5.41, 5.74) is 3.38. The van der Waals surface area contributed by atoms with Crippen molar-refractivity contribution in [2.24, 2.45) is 0 Å². The summed E-state index contributed by atoms with van der Waals surface area (Å²) in [6.45, 7) is 2.86. The molecule has 3 rings (SSSR count). The molecule has 2 aromatic heterocycles. The summed E-state index contributed by atoms with van der Waals surface area (Å²) >= 11 is 1.65. The van der Waals surface area contributed by atoms with E-state index in [-0.39, 0.29) is 0 Å². The number of hydrogen-bond acceptors (Lipinski definition) is 4. The number of hydrogen-bond donors (Lipinski definition) is 0. The van der Waals surface area contributed by atoms with E-state index < -0.39 is 0 Å². The van der Waals surface area contributed by atoms with Gasteiger partial charge in [0.25, 0.3) is 0 Å². The summed E-state index contributed by atoms with van der Waals surface area (Å²) in [6, 6.07) is 8.48. The van der Waals surface area contributed by atoms with Gasteiger partial charge in [-0.3, -0.25) is 0 Å². The largest absolute Gasteiger partial charge is 0.384 e. The van der Waals surface area contributed by atoms with Crippen LogP contribution in [0.15, 0.2) is 30.5 Å². The van der Waals surface area contributed by atoms with Gasteiger partial charge in [0.05, 0.1) is 18.5 Å².